The predicted molar refractivity (Wildman–Crippen MR) is 63.7 cm³/mol. The van der Waals surface area contributed by atoms with Crippen LogP contribution in [0.15, 0.2) is 22.0 Å². The van der Waals surface area contributed by atoms with Crippen LogP contribution in [-0.4, -0.2) is 25.8 Å². The van der Waals surface area contributed by atoms with Crippen LogP contribution in [-0.2, 0) is 4.74 Å². The summed E-state index contributed by atoms with van der Waals surface area (Å²) in [5.74, 6) is 0. The quantitative estimate of drug-likeness (QED) is 0.894. The maximum absolute atomic E-state index is 5.36. The Balaban J connectivity index is 1.92. The second-order valence-corrected chi connectivity index (χ2v) is 5.63. The molecule has 0 spiro atoms. The maximum atomic E-state index is 5.36. The fourth-order valence-electron chi connectivity index (χ4n) is 1.34. The molecule has 1 fully saturated rings. The van der Waals surface area contributed by atoms with Crippen LogP contribution < -0.4 is 5.32 Å². The fourth-order valence-corrected chi connectivity index (χ4v) is 2.68. The number of hydrogen-bond donors (Lipinski definition) is 1. The number of thiophene rings is 1. The SMILES string of the molecule is Brc1ccc(/C=C/C2COCCN2)s1. The summed E-state index contributed by atoms with van der Waals surface area (Å²) >= 11 is 5.18. The zero-order valence-electron chi connectivity index (χ0n) is 7.70. The Bertz CT molecular complexity index is 318. The molecule has 1 unspecified atom stereocenters. The Morgan fingerprint density at radius 3 is 3.14 bits per heavy atom. The molecule has 0 saturated carbocycles. The standard InChI is InChI=1S/C10H12BrNOS/c11-10-4-3-9(14-10)2-1-8-7-13-6-5-12-8/h1-4,8,12H,5-7H2/b2-1+. The molecule has 76 valence electrons. The molecular weight excluding hydrogens is 262 g/mol. The highest BCUT2D eigenvalue weighted by molar-refractivity contribution is 9.11. The van der Waals surface area contributed by atoms with E-state index in [0.29, 0.717) is 6.04 Å². The third kappa shape index (κ3) is 2.92. The molecule has 1 atom stereocenters. The summed E-state index contributed by atoms with van der Waals surface area (Å²) in [5.41, 5.74) is 0. The van der Waals surface area contributed by atoms with Crippen molar-refractivity contribution in [2.75, 3.05) is 19.8 Å². The van der Waals surface area contributed by atoms with Crippen molar-refractivity contribution in [2.45, 2.75) is 6.04 Å². The average molecular weight is 274 g/mol. The molecule has 0 amide bonds. The third-order valence-corrected chi connectivity index (χ3v) is 3.63. The molecular formula is C10H12BrNOS. The second kappa shape index (κ2) is 5.07. The van der Waals surface area contributed by atoms with Crippen LogP contribution in [0.25, 0.3) is 6.08 Å². The van der Waals surface area contributed by atoms with Crippen LogP contribution in [0.3, 0.4) is 0 Å². The number of nitrogens with one attached hydrogen (secondary N) is 1. The minimum Gasteiger partial charge on any atom is -0.378 e. The van der Waals surface area contributed by atoms with Crippen LogP contribution in [0.4, 0.5) is 0 Å². The minimum atomic E-state index is 0.365. The molecule has 1 aliphatic heterocycles. The van der Waals surface area contributed by atoms with Gasteiger partial charge in [0, 0.05) is 17.5 Å². The molecule has 2 rings (SSSR count). The van der Waals surface area contributed by atoms with Crippen molar-refractivity contribution in [1.29, 1.82) is 0 Å². The van der Waals surface area contributed by atoms with E-state index < -0.39 is 0 Å². The van der Waals surface area contributed by atoms with Crippen molar-refractivity contribution in [1.82, 2.24) is 5.32 Å². The molecule has 2 nitrogen and oxygen atoms in total. The van der Waals surface area contributed by atoms with E-state index >= 15 is 0 Å². The first-order valence-electron chi connectivity index (χ1n) is 4.59. The number of hydrogen-bond acceptors (Lipinski definition) is 3. The van der Waals surface area contributed by atoms with E-state index in [1.807, 2.05) is 0 Å². The van der Waals surface area contributed by atoms with Gasteiger partial charge in [-0.25, -0.2) is 0 Å². The van der Waals surface area contributed by atoms with Crippen LogP contribution in [0.1, 0.15) is 4.88 Å². The molecule has 1 N–H and O–H groups in total. The molecule has 1 aliphatic rings. The molecule has 0 bridgehead atoms. The molecule has 1 aromatic heterocycles. The summed E-state index contributed by atoms with van der Waals surface area (Å²) in [6.07, 6.45) is 4.30. The average Bonchev–Trinajstić information content (AvgIpc) is 2.63. The molecule has 1 saturated heterocycles. The largest absolute Gasteiger partial charge is 0.378 e. The van der Waals surface area contributed by atoms with Gasteiger partial charge in [-0.3, -0.25) is 0 Å². The lowest BCUT2D eigenvalue weighted by Gasteiger charge is -2.20. The smallest absolute Gasteiger partial charge is 0.0704 e. The highest BCUT2D eigenvalue weighted by atomic mass is 79.9. The Morgan fingerprint density at radius 2 is 2.50 bits per heavy atom. The van der Waals surface area contributed by atoms with E-state index in [0.717, 1.165) is 19.8 Å². The summed E-state index contributed by atoms with van der Waals surface area (Å²) in [6, 6.07) is 4.54. The Labute approximate surface area is 96.1 Å². The van der Waals surface area contributed by atoms with Gasteiger partial charge >= 0.3 is 0 Å². The summed E-state index contributed by atoms with van der Waals surface area (Å²) in [7, 11) is 0. The first kappa shape index (κ1) is 10.4. The van der Waals surface area contributed by atoms with E-state index in [1.165, 1.54) is 8.66 Å². The molecule has 1 aromatic rings. The lowest BCUT2D eigenvalue weighted by Crippen LogP contribution is -2.39. The van der Waals surface area contributed by atoms with Crippen molar-refractivity contribution >= 4 is 33.3 Å². The highest BCUT2D eigenvalue weighted by Crippen LogP contribution is 2.23. The van der Waals surface area contributed by atoms with Gasteiger partial charge in [0.05, 0.1) is 17.0 Å². The highest BCUT2D eigenvalue weighted by Gasteiger charge is 2.08. The van der Waals surface area contributed by atoms with Gasteiger partial charge in [0.15, 0.2) is 0 Å². The molecule has 2 heterocycles. The first-order chi connectivity index (χ1) is 6.84. The van der Waals surface area contributed by atoms with Crippen LogP contribution >= 0.6 is 27.3 Å². The van der Waals surface area contributed by atoms with Crippen molar-refractivity contribution < 1.29 is 4.74 Å². The zero-order chi connectivity index (χ0) is 9.80. The second-order valence-electron chi connectivity index (χ2n) is 3.14. The molecule has 0 aliphatic carbocycles. The van der Waals surface area contributed by atoms with Crippen molar-refractivity contribution in [2.24, 2.45) is 0 Å². The molecule has 14 heavy (non-hydrogen) atoms. The van der Waals surface area contributed by atoms with Gasteiger partial charge in [-0.1, -0.05) is 6.08 Å². The van der Waals surface area contributed by atoms with Crippen molar-refractivity contribution in [3.63, 3.8) is 0 Å². The number of ether oxygens (including phenoxy) is 1. The Hall–Kier alpha value is -0.160. The van der Waals surface area contributed by atoms with Crippen LogP contribution in [0.5, 0.6) is 0 Å². The summed E-state index contributed by atoms with van der Waals surface area (Å²) in [4.78, 5) is 1.27. The van der Waals surface area contributed by atoms with Crippen LogP contribution in [0, 0.1) is 0 Å². The minimum absolute atomic E-state index is 0.365. The van der Waals surface area contributed by atoms with Gasteiger partial charge in [0.2, 0.25) is 0 Å². The van der Waals surface area contributed by atoms with Gasteiger partial charge in [0.1, 0.15) is 0 Å². The third-order valence-electron chi connectivity index (χ3n) is 2.04. The molecule has 0 aromatic carbocycles. The van der Waals surface area contributed by atoms with Gasteiger partial charge < -0.3 is 10.1 Å². The monoisotopic (exact) mass is 273 g/mol. The number of rotatable bonds is 2. The van der Waals surface area contributed by atoms with E-state index in [-0.39, 0.29) is 0 Å². The normalized spacial score (nSPS) is 23.1. The fraction of sp³-hybridized carbons (Fsp3) is 0.400. The summed E-state index contributed by atoms with van der Waals surface area (Å²) < 4.78 is 6.53. The Morgan fingerprint density at radius 1 is 1.57 bits per heavy atom. The topological polar surface area (TPSA) is 21.3 Å². The maximum Gasteiger partial charge on any atom is 0.0704 e. The summed E-state index contributed by atoms with van der Waals surface area (Å²) in [5, 5.41) is 3.38. The Kier molecular flexibility index (Phi) is 3.75. The van der Waals surface area contributed by atoms with Gasteiger partial charge in [-0.05, 0) is 34.1 Å². The number of halogens is 1. The predicted octanol–water partition coefficient (Wildman–Crippen LogP) is 2.51. The van der Waals surface area contributed by atoms with E-state index in [9.17, 15) is 0 Å². The first-order valence-corrected chi connectivity index (χ1v) is 6.20. The zero-order valence-corrected chi connectivity index (χ0v) is 10.1. The molecule has 0 radical (unpaired) electrons. The van der Waals surface area contributed by atoms with Gasteiger partial charge in [-0.2, -0.15) is 0 Å². The number of morpholine rings is 1. The lowest BCUT2D eigenvalue weighted by molar-refractivity contribution is 0.0903. The van der Waals surface area contributed by atoms with E-state index in [1.54, 1.807) is 11.3 Å². The van der Waals surface area contributed by atoms with E-state index in [4.69, 9.17) is 4.74 Å². The van der Waals surface area contributed by atoms with Crippen molar-refractivity contribution in [3.8, 4) is 0 Å². The van der Waals surface area contributed by atoms with E-state index in [2.05, 4.69) is 45.5 Å². The van der Waals surface area contributed by atoms with Gasteiger partial charge in [-0.15, -0.1) is 11.3 Å². The van der Waals surface area contributed by atoms with Crippen molar-refractivity contribution in [3.05, 3.63) is 26.9 Å². The lowest BCUT2D eigenvalue weighted by atomic mass is 10.2. The van der Waals surface area contributed by atoms with Gasteiger partial charge in [0.25, 0.3) is 0 Å². The van der Waals surface area contributed by atoms with Crippen LogP contribution in [0.2, 0.25) is 0 Å². The molecule has 4 heteroatoms. The summed E-state index contributed by atoms with van der Waals surface area (Å²) in [6.45, 7) is 2.56.